The smallest absolute Gasteiger partial charge is 0.305 e. The van der Waals surface area contributed by atoms with Crippen molar-refractivity contribution < 1.29 is 24.5 Å². The summed E-state index contributed by atoms with van der Waals surface area (Å²) in [4.78, 5) is 24.6. The van der Waals surface area contributed by atoms with Crippen molar-refractivity contribution in [3.05, 3.63) is 0 Å². The second kappa shape index (κ2) is 61.4. The van der Waals surface area contributed by atoms with Crippen LogP contribution in [0.2, 0.25) is 0 Å². The highest BCUT2D eigenvalue weighted by Crippen LogP contribution is 2.19. The lowest BCUT2D eigenvalue weighted by atomic mass is 10.0. The van der Waals surface area contributed by atoms with Gasteiger partial charge in [0.15, 0.2) is 0 Å². The van der Waals surface area contributed by atoms with Crippen LogP contribution in [0.5, 0.6) is 0 Å². The van der Waals surface area contributed by atoms with Crippen molar-refractivity contribution in [2.45, 2.75) is 392 Å². The molecule has 0 aromatic heterocycles. The number of carbonyl (C=O) groups excluding carboxylic acids is 2. The van der Waals surface area contributed by atoms with Crippen LogP contribution in [0.25, 0.3) is 0 Å². The maximum absolute atomic E-state index is 12.5. The van der Waals surface area contributed by atoms with E-state index in [4.69, 9.17) is 4.74 Å². The lowest BCUT2D eigenvalue weighted by molar-refractivity contribution is -0.143. The molecule has 0 radical (unpaired) electrons. The fourth-order valence-corrected chi connectivity index (χ4v) is 10.6. The highest BCUT2D eigenvalue weighted by Gasteiger charge is 2.20. The number of ether oxygens (including phenoxy) is 1. The van der Waals surface area contributed by atoms with Gasteiger partial charge in [0.25, 0.3) is 0 Å². The second-order valence-electron chi connectivity index (χ2n) is 22.8. The summed E-state index contributed by atoms with van der Waals surface area (Å²) >= 11 is 0. The Kier molecular flexibility index (Phi) is 60.4. The molecule has 0 spiro atoms. The number of aliphatic hydroxyl groups is 2. The zero-order chi connectivity index (χ0) is 51.4. The third-order valence-electron chi connectivity index (χ3n) is 15.7. The van der Waals surface area contributed by atoms with Gasteiger partial charge >= 0.3 is 5.97 Å². The van der Waals surface area contributed by atoms with Crippen molar-refractivity contribution in [1.29, 1.82) is 0 Å². The third-order valence-corrected chi connectivity index (χ3v) is 15.7. The molecule has 6 heteroatoms. The molecule has 0 aliphatic rings. The molecule has 0 saturated heterocycles. The lowest BCUT2D eigenvalue weighted by Crippen LogP contribution is -2.45. The number of amides is 1. The van der Waals surface area contributed by atoms with E-state index in [9.17, 15) is 19.8 Å². The predicted octanol–water partition coefficient (Wildman–Crippen LogP) is 20.6. The van der Waals surface area contributed by atoms with Crippen LogP contribution >= 0.6 is 0 Å². The summed E-state index contributed by atoms with van der Waals surface area (Å²) in [6.07, 6.45) is 72.6. The van der Waals surface area contributed by atoms with Crippen LogP contribution in [0, 0.1) is 0 Å². The van der Waals surface area contributed by atoms with E-state index < -0.39 is 12.1 Å². The van der Waals surface area contributed by atoms with Crippen LogP contribution in [0.4, 0.5) is 0 Å². The first-order valence-corrected chi connectivity index (χ1v) is 32.8. The van der Waals surface area contributed by atoms with E-state index in [1.807, 2.05) is 0 Å². The average Bonchev–Trinajstić information content (AvgIpc) is 3.37. The number of unbranched alkanes of at least 4 members (excludes halogenated alkanes) is 51. The molecule has 0 rings (SSSR count). The van der Waals surface area contributed by atoms with Crippen LogP contribution in [-0.4, -0.2) is 47.4 Å². The summed E-state index contributed by atoms with van der Waals surface area (Å²) in [6, 6.07) is -0.543. The lowest BCUT2D eigenvalue weighted by Gasteiger charge is -2.22. The SMILES string of the molecule is CCCCCCCCCCCCCCCCCCCCCCC(O)C(CO)NC(=O)CCCCCCCCCCCCCCCCCCCCCOC(=O)CCCCCCCCCCCCCCCCC. The van der Waals surface area contributed by atoms with Crippen LogP contribution < -0.4 is 5.32 Å². The quantitative estimate of drug-likeness (QED) is 0.0417. The van der Waals surface area contributed by atoms with Gasteiger partial charge in [-0.25, -0.2) is 0 Å². The fourth-order valence-electron chi connectivity index (χ4n) is 10.6. The number of nitrogens with one attached hydrogen (secondary N) is 1. The first-order valence-electron chi connectivity index (χ1n) is 32.8. The molecule has 0 bridgehead atoms. The molecule has 0 heterocycles. The first kappa shape index (κ1) is 69.9. The minimum Gasteiger partial charge on any atom is -0.466 e. The van der Waals surface area contributed by atoms with Crippen molar-refractivity contribution in [3.63, 3.8) is 0 Å². The molecule has 6 nitrogen and oxygen atoms in total. The predicted molar refractivity (Wildman–Crippen MR) is 310 cm³/mol. The molecule has 0 aliphatic heterocycles. The second-order valence-corrected chi connectivity index (χ2v) is 22.8. The largest absolute Gasteiger partial charge is 0.466 e. The normalized spacial score (nSPS) is 12.5. The summed E-state index contributed by atoms with van der Waals surface area (Å²) in [6.45, 7) is 4.99. The molecule has 2 atom stereocenters. The molecule has 0 saturated carbocycles. The van der Waals surface area contributed by atoms with Crippen molar-refractivity contribution in [2.75, 3.05) is 13.2 Å². The minimum absolute atomic E-state index is 0.0134. The molecule has 3 N–H and O–H groups in total. The zero-order valence-electron chi connectivity index (χ0n) is 48.5. The Bertz CT molecular complexity index is 1020. The van der Waals surface area contributed by atoms with Gasteiger partial charge in [-0.2, -0.15) is 0 Å². The van der Waals surface area contributed by atoms with Gasteiger partial charge in [-0.1, -0.05) is 341 Å². The van der Waals surface area contributed by atoms with Gasteiger partial charge in [-0.3, -0.25) is 9.59 Å². The van der Waals surface area contributed by atoms with E-state index in [-0.39, 0.29) is 18.5 Å². The molecule has 0 aromatic rings. The van der Waals surface area contributed by atoms with E-state index in [1.54, 1.807) is 0 Å². The Hall–Kier alpha value is -1.14. The van der Waals surface area contributed by atoms with Gasteiger partial charge < -0.3 is 20.3 Å². The van der Waals surface area contributed by atoms with Crippen LogP contribution in [-0.2, 0) is 14.3 Å². The van der Waals surface area contributed by atoms with E-state index in [2.05, 4.69) is 19.2 Å². The molecule has 424 valence electrons. The summed E-state index contributed by atoms with van der Waals surface area (Å²) < 4.78 is 5.49. The monoisotopic (exact) mass is 1000 g/mol. The summed E-state index contributed by atoms with van der Waals surface area (Å²) in [5.41, 5.74) is 0. The van der Waals surface area contributed by atoms with E-state index in [0.717, 1.165) is 38.5 Å². The standard InChI is InChI=1S/C65H129NO5/c1-3-5-7-9-11-13-15-17-19-20-21-23-26-30-33-37-41-45-49-53-57-63(68)62(61-67)66-64(69)58-54-50-46-42-38-34-31-27-24-22-25-28-32-36-40-44-48-52-56-60-71-65(70)59-55-51-47-43-39-35-29-18-16-14-12-10-8-6-4-2/h62-63,67-68H,3-61H2,1-2H3,(H,66,69). The molecular weight excluding hydrogens is 875 g/mol. The van der Waals surface area contributed by atoms with Crippen molar-refractivity contribution in [2.24, 2.45) is 0 Å². The number of hydrogen-bond donors (Lipinski definition) is 3. The number of carbonyl (C=O) groups is 2. The van der Waals surface area contributed by atoms with Gasteiger partial charge in [0, 0.05) is 12.8 Å². The van der Waals surface area contributed by atoms with Crippen molar-refractivity contribution in [3.8, 4) is 0 Å². The number of rotatable bonds is 62. The van der Waals surface area contributed by atoms with Gasteiger partial charge in [0.1, 0.15) is 0 Å². The van der Waals surface area contributed by atoms with Crippen LogP contribution in [0.3, 0.4) is 0 Å². The molecular formula is C65H129NO5. The Morgan fingerprint density at radius 2 is 0.577 bits per heavy atom. The Morgan fingerprint density at radius 3 is 0.859 bits per heavy atom. The topological polar surface area (TPSA) is 95.9 Å². The summed E-state index contributed by atoms with van der Waals surface area (Å²) in [5, 5.41) is 23.4. The van der Waals surface area contributed by atoms with Gasteiger partial charge in [-0.05, 0) is 25.7 Å². The number of esters is 1. The molecule has 1 amide bonds. The van der Waals surface area contributed by atoms with E-state index >= 15 is 0 Å². The highest BCUT2D eigenvalue weighted by molar-refractivity contribution is 5.76. The van der Waals surface area contributed by atoms with Gasteiger partial charge in [0.05, 0.1) is 25.4 Å². The van der Waals surface area contributed by atoms with Gasteiger partial charge in [0.2, 0.25) is 5.91 Å². The minimum atomic E-state index is -0.666. The summed E-state index contributed by atoms with van der Waals surface area (Å²) in [5.74, 6) is -0.0195. The maximum atomic E-state index is 12.5. The first-order chi connectivity index (χ1) is 35.0. The average molecular weight is 1000 g/mol. The highest BCUT2D eigenvalue weighted by atomic mass is 16.5. The Morgan fingerprint density at radius 1 is 0.338 bits per heavy atom. The third kappa shape index (κ3) is 58.0. The Balaban J connectivity index is 3.38. The van der Waals surface area contributed by atoms with Gasteiger partial charge in [-0.15, -0.1) is 0 Å². The maximum Gasteiger partial charge on any atom is 0.305 e. The van der Waals surface area contributed by atoms with Crippen molar-refractivity contribution >= 4 is 11.9 Å². The molecule has 0 aliphatic carbocycles. The Labute approximate surface area is 445 Å². The van der Waals surface area contributed by atoms with E-state index in [1.165, 1.54) is 308 Å². The number of hydrogen-bond acceptors (Lipinski definition) is 5. The number of aliphatic hydroxyl groups excluding tert-OH is 2. The van der Waals surface area contributed by atoms with Crippen LogP contribution in [0.1, 0.15) is 380 Å². The zero-order valence-corrected chi connectivity index (χ0v) is 48.5. The molecule has 2 unspecified atom stereocenters. The fraction of sp³-hybridized carbons (Fsp3) is 0.969. The van der Waals surface area contributed by atoms with E-state index in [0.29, 0.717) is 25.9 Å². The van der Waals surface area contributed by atoms with Crippen LogP contribution in [0.15, 0.2) is 0 Å². The van der Waals surface area contributed by atoms with Crippen molar-refractivity contribution in [1.82, 2.24) is 5.32 Å². The molecule has 0 aromatic carbocycles. The molecule has 0 fully saturated rings. The molecule has 71 heavy (non-hydrogen) atoms. The summed E-state index contributed by atoms with van der Waals surface area (Å²) in [7, 11) is 0.